The van der Waals surface area contributed by atoms with Crippen LogP contribution in [0.25, 0.3) is 0 Å². The smallest absolute Gasteiger partial charge is 0.262 e. The minimum Gasteiger partial charge on any atom is -0.483 e. The number of carbonyl (C=O) groups excluding carboxylic acids is 3. The Hall–Kier alpha value is -3.19. The zero-order chi connectivity index (χ0) is 29.0. The van der Waals surface area contributed by atoms with E-state index in [0.717, 1.165) is 51.1 Å². The number of hydrogen-bond donors (Lipinski definition) is 2. The fourth-order valence-electron chi connectivity index (χ4n) is 6.28. The number of nitrogens with one attached hydrogen (secondary N) is 2. The maximum atomic E-state index is 13.7. The van der Waals surface area contributed by atoms with E-state index in [2.05, 4.69) is 54.3 Å². The van der Waals surface area contributed by atoms with E-state index in [9.17, 15) is 14.4 Å². The van der Waals surface area contributed by atoms with Gasteiger partial charge in [-0.15, -0.1) is 0 Å². The standard InChI is InChI=1S/C33H37BrN2O4/c1-18-7-8-19(2)22(11-18)36-28(39)17-40-27-10-9-20(34)12-21(27)29-30-23(13-32(3,4)15-25(30)37)35-24-14-33(5,6)16-26(38)31(24)29/h7-12,29,35H,13-17H2,1-6H3,(H,36,39). The lowest BCUT2D eigenvalue weighted by Gasteiger charge is -2.44. The molecular formula is C33H37BrN2O4. The summed E-state index contributed by atoms with van der Waals surface area (Å²) in [5, 5.41) is 6.50. The summed E-state index contributed by atoms with van der Waals surface area (Å²) in [5.41, 5.74) is 6.22. The van der Waals surface area contributed by atoms with Gasteiger partial charge >= 0.3 is 0 Å². The van der Waals surface area contributed by atoms with Gasteiger partial charge in [-0.1, -0.05) is 55.8 Å². The first kappa shape index (κ1) is 28.3. The van der Waals surface area contributed by atoms with Gasteiger partial charge in [0.25, 0.3) is 5.91 Å². The summed E-state index contributed by atoms with van der Waals surface area (Å²) in [4.78, 5) is 40.4. The van der Waals surface area contributed by atoms with E-state index in [4.69, 9.17) is 4.74 Å². The molecule has 2 N–H and O–H groups in total. The molecule has 2 aromatic carbocycles. The predicted molar refractivity (Wildman–Crippen MR) is 160 cm³/mol. The molecule has 0 saturated heterocycles. The van der Waals surface area contributed by atoms with Crippen LogP contribution in [-0.4, -0.2) is 24.1 Å². The average Bonchev–Trinajstić information content (AvgIpc) is 2.82. The van der Waals surface area contributed by atoms with E-state index >= 15 is 0 Å². The van der Waals surface area contributed by atoms with Crippen LogP contribution in [0.4, 0.5) is 5.69 Å². The molecule has 0 aromatic heterocycles. The summed E-state index contributed by atoms with van der Waals surface area (Å²) in [6.07, 6.45) is 2.26. The summed E-state index contributed by atoms with van der Waals surface area (Å²) in [6, 6.07) is 11.5. The first-order valence-corrected chi connectivity index (χ1v) is 14.6. The molecular weight excluding hydrogens is 568 g/mol. The highest BCUT2D eigenvalue weighted by molar-refractivity contribution is 9.10. The van der Waals surface area contributed by atoms with Crippen molar-refractivity contribution in [3.05, 3.63) is 80.1 Å². The molecule has 0 unspecified atom stereocenters. The van der Waals surface area contributed by atoms with Crippen molar-refractivity contribution in [2.45, 2.75) is 73.1 Å². The molecule has 1 amide bonds. The second-order valence-electron chi connectivity index (χ2n) is 13.1. The number of hydrogen-bond acceptors (Lipinski definition) is 5. The van der Waals surface area contributed by atoms with Crippen LogP contribution in [0.3, 0.4) is 0 Å². The zero-order valence-corrected chi connectivity index (χ0v) is 25.7. The number of aryl methyl sites for hydroxylation is 2. The van der Waals surface area contributed by atoms with Gasteiger partial charge < -0.3 is 15.4 Å². The molecule has 6 nitrogen and oxygen atoms in total. The van der Waals surface area contributed by atoms with Crippen molar-refractivity contribution >= 4 is 39.1 Å². The Morgan fingerprint density at radius 3 is 2.12 bits per heavy atom. The lowest BCUT2D eigenvalue weighted by molar-refractivity contribution is -0.120. The van der Waals surface area contributed by atoms with Crippen molar-refractivity contribution in [3.8, 4) is 5.75 Å². The molecule has 1 aliphatic heterocycles. The van der Waals surface area contributed by atoms with Crippen molar-refractivity contribution in [1.82, 2.24) is 5.32 Å². The van der Waals surface area contributed by atoms with Gasteiger partial charge in [-0.25, -0.2) is 0 Å². The Kier molecular flexibility index (Phi) is 7.32. The van der Waals surface area contributed by atoms with Crippen molar-refractivity contribution in [3.63, 3.8) is 0 Å². The first-order chi connectivity index (χ1) is 18.7. The number of halogens is 1. The van der Waals surface area contributed by atoms with E-state index in [-0.39, 0.29) is 34.9 Å². The van der Waals surface area contributed by atoms with Gasteiger partial charge in [0.2, 0.25) is 0 Å². The van der Waals surface area contributed by atoms with E-state index in [1.807, 2.05) is 50.2 Å². The number of amides is 1. The third kappa shape index (κ3) is 5.67. The van der Waals surface area contributed by atoms with Crippen molar-refractivity contribution in [1.29, 1.82) is 0 Å². The quantitative estimate of drug-likeness (QED) is 0.382. The third-order valence-electron chi connectivity index (χ3n) is 8.03. The summed E-state index contributed by atoms with van der Waals surface area (Å²) in [7, 11) is 0. The molecule has 0 bridgehead atoms. The van der Waals surface area contributed by atoms with Crippen LogP contribution in [0.2, 0.25) is 0 Å². The topological polar surface area (TPSA) is 84.5 Å². The minimum atomic E-state index is -0.548. The normalized spacial score (nSPS) is 20.1. The molecule has 1 heterocycles. The molecule has 2 aliphatic carbocycles. The highest BCUT2D eigenvalue weighted by Gasteiger charge is 2.47. The first-order valence-electron chi connectivity index (χ1n) is 13.8. The number of rotatable bonds is 5. The Balaban J connectivity index is 1.54. The molecule has 0 radical (unpaired) electrons. The summed E-state index contributed by atoms with van der Waals surface area (Å²) < 4.78 is 6.95. The van der Waals surface area contributed by atoms with Crippen LogP contribution >= 0.6 is 15.9 Å². The molecule has 40 heavy (non-hydrogen) atoms. The number of ketones is 2. The average molecular weight is 606 g/mol. The van der Waals surface area contributed by atoms with Crippen LogP contribution in [0.1, 0.15) is 76.0 Å². The number of allylic oxidation sites excluding steroid dienone is 4. The second kappa shape index (κ2) is 10.3. The summed E-state index contributed by atoms with van der Waals surface area (Å²) in [5.74, 6) is -0.245. The molecule has 3 aliphatic rings. The van der Waals surface area contributed by atoms with Gasteiger partial charge in [0.05, 0.1) is 0 Å². The molecule has 0 fully saturated rings. The number of benzene rings is 2. The lowest BCUT2D eigenvalue weighted by Crippen LogP contribution is -2.42. The molecule has 7 heteroatoms. The second-order valence-corrected chi connectivity index (χ2v) is 14.0. The van der Waals surface area contributed by atoms with E-state index < -0.39 is 5.92 Å². The number of ether oxygens (including phenoxy) is 1. The van der Waals surface area contributed by atoms with Gasteiger partial charge in [0.15, 0.2) is 18.2 Å². The minimum absolute atomic E-state index is 0.0477. The van der Waals surface area contributed by atoms with E-state index in [1.165, 1.54) is 0 Å². The number of carbonyl (C=O) groups is 3. The highest BCUT2D eigenvalue weighted by Crippen LogP contribution is 2.52. The molecule has 0 spiro atoms. The highest BCUT2D eigenvalue weighted by atomic mass is 79.9. The van der Waals surface area contributed by atoms with Gasteiger partial charge in [-0.2, -0.15) is 0 Å². The monoisotopic (exact) mass is 604 g/mol. The number of Topliss-reactive ketones (excluding diaryl/α,β-unsaturated/α-hetero) is 2. The number of dihydropyridines is 1. The van der Waals surface area contributed by atoms with Crippen molar-refractivity contribution in [2.75, 3.05) is 11.9 Å². The molecule has 0 atom stereocenters. The summed E-state index contributed by atoms with van der Waals surface area (Å²) >= 11 is 3.59. The lowest BCUT2D eigenvalue weighted by atomic mass is 9.64. The molecule has 0 saturated carbocycles. The Morgan fingerprint density at radius 1 is 0.925 bits per heavy atom. The Bertz CT molecular complexity index is 1450. The fourth-order valence-corrected chi connectivity index (χ4v) is 6.66. The SMILES string of the molecule is Cc1ccc(C)c(NC(=O)COc2ccc(Br)cc2C2C3=C(CC(C)(C)CC3=O)NC3=C2C(=O)CC(C)(C)C3)c1. The van der Waals surface area contributed by atoms with Crippen LogP contribution in [0.5, 0.6) is 5.75 Å². The van der Waals surface area contributed by atoms with Gasteiger partial charge in [-0.05, 0) is 72.9 Å². The molecule has 210 valence electrons. The van der Waals surface area contributed by atoms with Crippen molar-refractivity contribution in [2.24, 2.45) is 10.8 Å². The third-order valence-corrected chi connectivity index (χ3v) is 8.52. The zero-order valence-electron chi connectivity index (χ0n) is 24.1. The molecule has 5 rings (SSSR count). The van der Waals surface area contributed by atoms with Crippen molar-refractivity contribution < 1.29 is 19.1 Å². The van der Waals surface area contributed by atoms with Crippen LogP contribution in [-0.2, 0) is 14.4 Å². The van der Waals surface area contributed by atoms with Gasteiger partial charge in [0, 0.05) is 57.0 Å². The summed E-state index contributed by atoms with van der Waals surface area (Å²) in [6.45, 7) is 12.1. The van der Waals surface area contributed by atoms with Gasteiger partial charge in [0.1, 0.15) is 5.75 Å². The van der Waals surface area contributed by atoms with E-state index in [1.54, 1.807) is 0 Å². The van der Waals surface area contributed by atoms with Crippen LogP contribution in [0.15, 0.2) is 63.4 Å². The maximum Gasteiger partial charge on any atom is 0.262 e. The Morgan fingerprint density at radius 2 is 1.52 bits per heavy atom. The van der Waals surface area contributed by atoms with Crippen LogP contribution in [0, 0.1) is 24.7 Å². The van der Waals surface area contributed by atoms with Crippen LogP contribution < -0.4 is 15.4 Å². The Labute approximate surface area is 244 Å². The maximum absolute atomic E-state index is 13.7. The van der Waals surface area contributed by atoms with E-state index in [0.29, 0.717) is 29.7 Å². The number of anilines is 1. The van der Waals surface area contributed by atoms with Gasteiger partial charge in [-0.3, -0.25) is 14.4 Å². The largest absolute Gasteiger partial charge is 0.483 e. The molecule has 2 aromatic rings. The predicted octanol–water partition coefficient (Wildman–Crippen LogP) is 7.06. The fraction of sp³-hybridized carbons (Fsp3) is 0.424.